The lowest BCUT2D eigenvalue weighted by molar-refractivity contribution is 0.0506. The number of carbonyl (C=O) groups excluding carboxylic acids is 1. The number of hydrogen-bond acceptors (Lipinski definition) is 4. The SMILES string of the molecule is CC(CCNC1CCc2sc(Cl)cc21)NC(=O)OC(C)(C)C. The molecular formula is C16H25ClN2O2S. The first-order valence-corrected chi connectivity index (χ1v) is 8.95. The van der Waals surface area contributed by atoms with Gasteiger partial charge in [-0.3, -0.25) is 0 Å². The predicted molar refractivity (Wildman–Crippen MR) is 91.8 cm³/mol. The Morgan fingerprint density at radius 3 is 2.95 bits per heavy atom. The zero-order chi connectivity index (χ0) is 16.3. The molecule has 22 heavy (non-hydrogen) atoms. The molecule has 1 aliphatic rings. The highest BCUT2D eigenvalue weighted by atomic mass is 35.5. The van der Waals surface area contributed by atoms with Crippen LogP contribution >= 0.6 is 22.9 Å². The molecule has 2 atom stereocenters. The van der Waals surface area contributed by atoms with Crippen LogP contribution in [0.3, 0.4) is 0 Å². The molecule has 0 aliphatic heterocycles. The van der Waals surface area contributed by atoms with Crippen LogP contribution in [0.5, 0.6) is 0 Å². The van der Waals surface area contributed by atoms with Crippen LogP contribution < -0.4 is 10.6 Å². The molecule has 124 valence electrons. The second-order valence-corrected chi connectivity index (χ2v) is 8.58. The first-order valence-electron chi connectivity index (χ1n) is 7.75. The van der Waals surface area contributed by atoms with E-state index in [2.05, 4.69) is 16.7 Å². The first kappa shape index (κ1) is 17.6. The molecule has 2 N–H and O–H groups in total. The summed E-state index contributed by atoms with van der Waals surface area (Å²) in [5.41, 5.74) is 0.892. The largest absolute Gasteiger partial charge is 0.444 e. The lowest BCUT2D eigenvalue weighted by atomic mass is 10.1. The summed E-state index contributed by atoms with van der Waals surface area (Å²) in [5, 5.41) is 6.42. The second kappa shape index (κ2) is 7.20. The number of aryl methyl sites for hydroxylation is 1. The minimum Gasteiger partial charge on any atom is -0.444 e. The van der Waals surface area contributed by atoms with Gasteiger partial charge in [-0.1, -0.05) is 11.6 Å². The minimum atomic E-state index is -0.458. The maximum absolute atomic E-state index is 11.7. The van der Waals surface area contributed by atoms with E-state index in [9.17, 15) is 4.79 Å². The van der Waals surface area contributed by atoms with Crippen molar-refractivity contribution >= 4 is 29.0 Å². The van der Waals surface area contributed by atoms with Gasteiger partial charge in [0.25, 0.3) is 0 Å². The second-order valence-electron chi connectivity index (χ2n) is 6.81. The van der Waals surface area contributed by atoms with Crippen molar-refractivity contribution in [3.8, 4) is 0 Å². The summed E-state index contributed by atoms with van der Waals surface area (Å²) in [6.45, 7) is 8.44. The Morgan fingerprint density at radius 1 is 1.55 bits per heavy atom. The highest BCUT2D eigenvalue weighted by Gasteiger charge is 2.24. The first-order chi connectivity index (χ1) is 10.2. The molecule has 0 fully saturated rings. The van der Waals surface area contributed by atoms with Crippen molar-refractivity contribution in [1.29, 1.82) is 0 Å². The van der Waals surface area contributed by atoms with Crippen molar-refractivity contribution in [3.63, 3.8) is 0 Å². The number of amides is 1. The van der Waals surface area contributed by atoms with Crippen molar-refractivity contribution in [2.24, 2.45) is 0 Å². The van der Waals surface area contributed by atoms with Gasteiger partial charge in [0.05, 0.1) is 4.34 Å². The Bertz CT molecular complexity index is 525. The molecule has 1 aliphatic carbocycles. The van der Waals surface area contributed by atoms with Crippen molar-refractivity contribution in [3.05, 3.63) is 20.8 Å². The number of fused-ring (bicyclic) bond motifs is 1. The molecule has 0 aromatic carbocycles. The summed E-state index contributed by atoms with van der Waals surface area (Å²) in [7, 11) is 0. The fraction of sp³-hybridized carbons (Fsp3) is 0.688. The van der Waals surface area contributed by atoms with Gasteiger partial charge < -0.3 is 15.4 Å². The van der Waals surface area contributed by atoms with E-state index in [0.29, 0.717) is 6.04 Å². The van der Waals surface area contributed by atoms with Gasteiger partial charge in [0, 0.05) is 17.0 Å². The highest BCUT2D eigenvalue weighted by molar-refractivity contribution is 7.16. The molecule has 6 heteroatoms. The van der Waals surface area contributed by atoms with E-state index >= 15 is 0 Å². The van der Waals surface area contributed by atoms with Crippen LogP contribution in [0.15, 0.2) is 6.07 Å². The van der Waals surface area contributed by atoms with Crippen LogP contribution in [0.2, 0.25) is 4.34 Å². The normalized spacial score (nSPS) is 18.9. The zero-order valence-electron chi connectivity index (χ0n) is 13.7. The molecule has 0 bridgehead atoms. The number of halogens is 1. The summed E-state index contributed by atoms with van der Waals surface area (Å²) in [6, 6.07) is 2.55. The van der Waals surface area contributed by atoms with Gasteiger partial charge in [0.2, 0.25) is 0 Å². The average molecular weight is 345 g/mol. The minimum absolute atomic E-state index is 0.0780. The Kier molecular flexibility index (Phi) is 5.75. The average Bonchev–Trinajstić information content (AvgIpc) is 2.87. The lowest BCUT2D eigenvalue weighted by Gasteiger charge is -2.22. The van der Waals surface area contributed by atoms with Crippen LogP contribution in [0.4, 0.5) is 4.79 Å². The number of ether oxygens (including phenoxy) is 1. The van der Waals surface area contributed by atoms with E-state index < -0.39 is 5.60 Å². The van der Waals surface area contributed by atoms with Gasteiger partial charge >= 0.3 is 6.09 Å². The molecule has 4 nitrogen and oxygen atoms in total. The third-order valence-corrected chi connectivity index (χ3v) is 4.92. The maximum Gasteiger partial charge on any atom is 0.407 e. The number of thiophene rings is 1. The van der Waals surface area contributed by atoms with Crippen LogP contribution in [0.1, 0.15) is 57.0 Å². The van der Waals surface area contributed by atoms with Crippen LogP contribution in [-0.2, 0) is 11.2 Å². The molecule has 1 amide bonds. The number of carbonyl (C=O) groups is 1. The van der Waals surface area contributed by atoms with Crippen LogP contribution in [0.25, 0.3) is 0 Å². The number of rotatable bonds is 5. The fourth-order valence-corrected chi connectivity index (χ4v) is 3.95. The van der Waals surface area contributed by atoms with E-state index in [1.54, 1.807) is 11.3 Å². The Labute approximate surface area is 141 Å². The standard InChI is InChI=1S/C16H25ClN2O2S/c1-10(19-15(20)21-16(2,3)4)7-8-18-12-5-6-13-11(12)9-14(17)22-13/h9-10,12,18H,5-8H2,1-4H3,(H,19,20). The van der Waals surface area contributed by atoms with Crippen LogP contribution in [-0.4, -0.2) is 24.3 Å². The van der Waals surface area contributed by atoms with Gasteiger partial charge in [0.1, 0.15) is 5.60 Å². The number of alkyl carbamates (subject to hydrolysis) is 1. The van der Waals surface area contributed by atoms with Crippen molar-refractivity contribution in [2.45, 2.75) is 64.6 Å². The highest BCUT2D eigenvalue weighted by Crippen LogP contribution is 2.39. The van der Waals surface area contributed by atoms with Crippen molar-refractivity contribution in [2.75, 3.05) is 6.54 Å². The monoisotopic (exact) mass is 344 g/mol. The third-order valence-electron chi connectivity index (χ3n) is 3.58. The van der Waals surface area contributed by atoms with E-state index in [4.69, 9.17) is 16.3 Å². The van der Waals surface area contributed by atoms with Crippen molar-refractivity contribution < 1.29 is 9.53 Å². The molecule has 1 heterocycles. The summed E-state index contributed by atoms with van der Waals surface area (Å²) >= 11 is 7.75. The summed E-state index contributed by atoms with van der Waals surface area (Å²) in [6.07, 6.45) is 2.75. The van der Waals surface area contributed by atoms with Gasteiger partial charge in [0.15, 0.2) is 0 Å². The fourth-order valence-electron chi connectivity index (χ4n) is 2.60. The van der Waals surface area contributed by atoms with E-state index in [1.807, 2.05) is 27.7 Å². The molecule has 2 rings (SSSR count). The Morgan fingerprint density at radius 2 is 2.27 bits per heavy atom. The number of hydrogen-bond donors (Lipinski definition) is 2. The Balaban J connectivity index is 1.69. The summed E-state index contributed by atoms with van der Waals surface area (Å²) in [5.74, 6) is 0. The molecular weight excluding hydrogens is 320 g/mol. The molecule has 1 aromatic heterocycles. The Hall–Kier alpha value is -0.780. The summed E-state index contributed by atoms with van der Waals surface area (Å²) in [4.78, 5) is 13.1. The summed E-state index contributed by atoms with van der Waals surface area (Å²) < 4.78 is 6.13. The van der Waals surface area contributed by atoms with Gasteiger partial charge in [-0.05, 0) is 65.1 Å². The predicted octanol–water partition coefficient (Wildman–Crippen LogP) is 4.28. The molecule has 1 aromatic rings. The topological polar surface area (TPSA) is 50.4 Å². The molecule has 0 radical (unpaired) electrons. The van der Waals surface area contributed by atoms with E-state index in [0.717, 1.165) is 30.1 Å². The molecule has 2 unspecified atom stereocenters. The number of nitrogens with one attached hydrogen (secondary N) is 2. The van der Waals surface area contributed by atoms with Gasteiger partial charge in [-0.2, -0.15) is 0 Å². The molecule has 0 saturated heterocycles. The molecule has 0 saturated carbocycles. The van der Waals surface area contributed by atoms with Gasteiger partial charge in [-0.25, -0.2) is 4.79 Å². The van der Waals surface area contributed by atoms with E-state index in [-0.39, 0.29) is 12.1 Å². The van der Waals surface area contributed by atoms with Crippen molar-refractivity contribution in [1.82, 2.24) is 10.6 Å². The maximum atomic E-state index is 11.7. The zero-order valence-corrected chi connectivity index (χ0v) is 15.2. The third kappa shape index (κ3) is 5.14. The smallest absolute Gasteiger partial charge is 0.407 e. The molecule has 0 spiro atoms. The lowest BCUT2D eigenvalue weighted by Crippen LogP contribution is -2.39. The quantitative estimate of drug-likeness (QED) is 0.838. The van der Waals surface area contributed by atoms with Crippen LogP contribution in [0, 0.1) is 0 Å². The van der Waals surface area contributed by atoms with Gasteiger partial charge in [-0.15, -0.1) is 11.3 Å². The van der Waals surface area contributed by atoms with E-state index in [1.165, 1.54) is 10.4 Å².